The Morgan fingerprint density at radius 1 is 1.67 bits per heavy atom. The van der Waals surface area contributed by atoms with Crippen LogP contribution in [0.2, 0.25) is 0 Å². The Kier molecular flexibility index (Phi) is 4.14. The number of anilines is 1. The lowest BCUT2D eigenvalue weighted by molar-refractivity contribution is -0.120. The van der Waals surface area contributed by atoms with Crippen LogP contribution in [-0.2, 0) is 11.2 Å². The molecule has 6 nitrogen and oxygen atoms in total. The number of hydrogen-bond acceptors (Lipinski definition) is 4. The van der Waals surface area contributed by atoms with E-state index in [1.54, 1.807) is 4.90 Å². The molecule has 0 radical (unpaired) electrons. The smallest absolute Gasteiger partial charge is 0.323 e. The quantitative estimate of drug-likeness (QED) is 0.827. The highest BCUT2D eigenvalue weighted by Crippen LogP contribution is 2.22. The molecule has 2 rings (SSSR count). The van der Waals surface area contributed by atoms with Crippen LogP contribution in [0.3, 0.4) is 0 Å². The van der Waals surface area contributed by atoms with E-state index in [-0.39, 0.29) is 18.4 Å². The van der Waals surface area contributed by atoms with Crippen LogP contribution in [0, 0.1) is 0 Å². The predicted octanol–water partition coefficient (Wildman–Crippen LogP) is 0.741. The number of nitrogens with zero attached hydrogens (tertiary/aromatic N) is 2. The summed E-state index contributed by atoms with van der Waals surface area (Å²) in [6.45, 7) is 3.97. The van der Waals surface area contributed by atoms with E-state index in [0.717, 1.165) is 6.42 Å². The number of amides is 3. The van der Waals surface area contributed by atoms with Gasteiger partial charge in [-0.3, -0.25) is 9.69 Å². The van der Waals surface area contributed by atoms with Crippen molar-refractivity contribution in [2.45, 2.75) is 19.8 Å². The summed E-state index contributed by atoms with van der Waals surface area (Å²) >= 11 is 1.39. The molecule has 0 aliphatic carbocycles. The third kappa shape index (κ3) is 2.98. The van der Waals surface area contributed by atoms with Crippen LogP contribution in [0.5, 0.6) is 0 Å². The molecule has 0 unspecified atom stereocenters. The molecule has 0 atom stereocenters. The molecule has 18 heavy (non-hydrogen) atoms. The molecule has 1 aliphatic heterocycles. The average Bonchev–Trinajstić information content (AvgIpc) is 2.95. The molecule has 1 saturated heterocycles. The molecular formula is C11H16N4O2S. The Morgan fingerprint density at radius 3 is 3.17 bits per heavy atom. The van der Waals surface area contributed by atoms with Crippen molar-refractivity contribution in [2.24, 2.45) is 0 Å². The molecular weight excluding hydrogens is 252 g/mol. The first-order valence-electron chi connectivity index (χ1n) is 5.97. The minimum absolute atomic E-state index is 0.0282. The Hall–Kier alpha value is -1.63. The summed E-state index contributed by atoms with van der Waals surface area (Å²) in [7, 11) is 0. The fraction of sp³-hybridized carbons (Fsp3) is 0.545. The zero-order chi connectivity index (χ0) is 13.0. The molecule has 1 aromatic rings. The van der Waals surface area contributed by atoms with E-state index in [2.05, 4.69) is 15.6 Å². The summed E-state index contributed by atoms with van der Waals surface area (Å²) in [6, 6.07) is -0.119. The summed E-state index contributed by atoms with van der Waals surface area (Å²) in [5.41, 5.74) is 0.711. The topological polar surface area (TPSA) is 74.3 Å². The van der Waals surface area contributed by atoms with Gasteiger partial charge in [0.1, 0.15) is 0 Å². The van der Waals surface area contributed by atoms with Gasteiger partial charge in [-0.1, -0.05) is 6.92 Å². The van der Waals surface area contributed by atoms with Crippen LogP contribution in [0.25, 0.3) is 0 Å². The molecule has 1 fully saturated rings. The van der Waals surface area contributed by atoms with Gasteiger partial charge < -0.3 is 10.6 Å². The third-order valence-electron chi connectivity index (χ3n) is 2.54. The van der Waals surface area contributed by atoms with Crippen molar-refractivity contribution >= 4 is 28.4 Å². The summed E-state index contributed by atoms with van der Waals surface area (Å²) in [4.78, 5) is 28.9. The fourth-order valence-electron chi connectivity index (χ4n) is 1.65. The van der Waals surface area contributed by atoms with E-state index in [1.165, 1.54) is 11.3 Å². The fourth-order valence-corrected chi connectivity index (χ4v) is 2.50. The number of aromatic nitrogens is 1. The minimum Gasteiger partial charge on any atom is -0.356 e. The second kappa shape index (κ2) is 5.81. The first kappa shape index (κ1) is 12.8. The predicted molar refractivity (Wildman–Crippen MR) is 69.9 cm³/mol. The standard InChI is InChI=1S/C11H16N4O2S/c1-2-3-12-9(16)6-8-7-18-11(14-8)15-5-4-13-10(15)17/h7H,2-6H2,1H3,(H,12,16)(H,13,17). The number of urea groups is 1. The maximum Gasteiger partial charge on any atom is 0.323 e. The van der Waals surface area contributed by atoms with Crippen LogP contribution in [-0.4, -0.2) is 36.6 Å². The summed E-state index contributed by atoms with van der Waals surface area (Å²) < 4.78 is 0. The maximum absolute atomic E-state index is 11.5. The second-order valence-electron chi connectivity index (χ2n) is 4.03. The van der Waals surface area contributed by atoms with Gasteiger partial charge in [-0.25, -0.2) is 9.78 Å². The van der Waals surface area contributed by atoms with Gasteiger partial charge in [0.25, 0.3) is 0 Å². The monoisotopic (exact) mass is 268 g/mol. The Bertz CT molecular complexity index is 446. The van der Waals surface area contributed by atoms with Gasteiger partial charge in [-0.15, -0.1) is 11.3 Å². The first-order valence-corrected chi connectivity index (χ1v) is 6.85. The number of carbonyl (C=O) groups is 2. The summed E-state index contributed by atoms with van der Waals surface area (Å²) in [6.07, 6.45) is 1.19. The maximum atomic E-state index is 11.5. The van der Waals surface area contributed by atoms with E-state index >= 15 is 0 Å². The molecule has 2 N–H and O–H groups in total. The second-order valence-corrected chi connectivity index (χ2v) is 4.87. The Balaban J connectivity index is 1.93. The van der Waals surface area contributed by atoms with Crippen molar-refractivity contribution in [1.29, 1.82) is 0 Å². The van der Waals surface area contributed by atoms with Crippen molar-refractivity contribution in [1.82, 2.24) is 15.6 Å². The summed E-state index contributed by atoms with van der Waals surface area (Å²) in [5, 5.41) is 8.00. The zero-order valence-electron chi connectivity index (χ0n) is 10.2. The highest BCUT2D eigenvalue weighted by molar-refractivity contribution is 7.14. The first-order chi connectivity index (χ1) is 8.70. The van der Waals surface area contributed by atoms with Gasteiger partial charge in [0.2, 0.25) is 5.91 Å². The minimum atomic E-state index is -0.119. The van der Waals surface area contributed by atoms with Gasteiger partial charge in [0.15, 0.2) is 5.13 Å². The number of rotatable bonds is 5. The van der Waals surface area contributed by atoms with Crippen molar-refractivity contribution in [2.75, 3.05) is 24.5 Å². The molecule has 7 heteroatoms. The average molecular weight is 268 g/mol. The number of thiazole rings is 1. The lowest BCUT2D eigenvalue weighted by Crippen LogP contribution is -2.28. The molecule has 0 saturated carbocycles. The number of carbonyl (C=O) groups excluding carboxylic acids is 2. The van der Waals surface area contributed by atoms with Gasteiger partial charge >= 0.3 is 6.03 Å². The van der Waals surface area contributed by atoms with E-state index in [4.69, 9.17) is 0 Å². The van der Waals surface area contributed by atoms with Gasteiger partial charge in [-0.2, -0.15) is 0 Å². The zero-order valence-corrected chi connectivity index (χ0v) is 11.0. The molecule has 0 spiro atoms. The van der Waals surface area contributed by atoms with Crippen molar-refractivity contribution < 1.29 is 9.59 Å². The molecule has 0 bridgehead atoms. The van der Waals surface area contributed by atoms with Gasteiger partial charge in [-0.05, 0) is 6.42 Å². The van der Waals surface area contributed by atoms with Crippen molar-refractivity contribution in [3.05, 3.63) is 11.1 Å². The molecule has 3 amide bonds. The highest BCUT2D eigenvalue weighted by Gasteiger charge is 2.23. The van der Waals surface area contributed by atoms with Crippen LogP contribution >= 0.6 is 11.3 Å². The van der Waals surface area contributed by atoms with Crippen LogP contribution in [0.4, 0.5) is 9.93 Å². The van der Waals surface area contributed by atoms with Gasteiger partial charge in [0, 0.05) is 25.0 Å². The van der Waals surface area contributed by atoms with E-state index in [0.29, 0.717) is 30.5 Å². The largest absolute Gasteiger partial charge is 0.356 e. The van der Waals surface area contributed by atoms with Crippen LogP contribution in [0.15, 0.2) is 5.38 Å². The van der Waals surface area contributed by atoms with Gasteiger partial charge in [0.05, 0.1) is 12.1 Å². The van der Waals surface area contributed by atoms with E-state index in [9.17, 15) is 9.59 Å². The SMILES string of the molecule is CCCNC(=O)Cc1csc(N2CCNC2=O)n1. The molecule has 98 valence electrons. The lowest BCUT2D eigenvalue weighted by atomic mass is 10.3. The Morgan fingerprint density at radius 2 is 2.50 bits per heavy atom. The van der Waals surface area contributed by atoms with Crippen molar-refractivity contribution in [3.63, 3.8) is 0 Å². The van der Waals surface area contributed by atoms with Crippen molar-refractivity contribution in [3.8, 4) is 0 Å². The van der Waals surface area contributed by atoms with E-state index in [1.807, 2.05) is 12.3 Å². The van der Waals surface area contributed by atoms with Crippen LogP contribution < -0.4 is 15.5 Å². The third-order valence-corrected chi connectivity index (χ3v) is 3.45. The van der Waals surface area contributed by atoms with E-state index < -0.39 is 0 Å². The Labute approximate surface area is 109 Å². The number of nitrogens with one attached hydrogen (secondary N) is 2. The number of hydrogen-bond donors (Lipinski definition) is 2. The molecule has 2 heterocycles. The molecule has 1 aromatic heterocycles. The normalized spacial score (nSPS) is 14.7. The lowest BCUT2D eigenvalue weighted by Gasteiger charge is -2.08. The molecule has 1 aliphatic rings. The molecule has 0 aromatic carbocycles. The van der Waals surface area contributed by atoms with Crippen LogP contribution in [0.1, 0.15) is 19.0 Å². The summed E-state index contributed by atoms with van der Waals surface area (Å²) in [5.74, 6) is -0.0282. The highest BCUT2D eigenvalue weighted by atomic mass is 32.1.